The maximum Gasteiger partial charge on any atom is 0.0478 e. The molecular formula is C10H22N2O. The number of hydrogen-bond acceptors (Lipinski definition) is 3. The molecule has 1 rings (SSSR count). The highest BCUT2D eigenvalue weighted by molar-refractivity contribution is 4.74. The Bertz CT molecular complexity index is 130. The molecule has 0 aromatic carbocycles. The van der Waals surface area contributed by atoms with Gasteiger partial charge in [-0.1, -0.05) is 0 Å². The summed E-state index contributed by atoms with van der Waals surface area (Å²) >= 11 is 0. The van der Waals surface area contributed by atoms with Gasteiger partial charge >= 0.3 is 0 Å². The molecule has 3 nitrogen and oxygen atoms in total. The van der Waals surface area contributed by atoms with Gasteiger partial charge in [0.25, 0.3) is 0 Å². The molecule has 1 saturated heterocycles. The quantitative estimate of drug-likeness (QED) is 0.640. The average molecular weight is 186 g/mol. The summed E-state index contributed by atoms with van der Waals surface area (Å²) in [4.78, 5) is 2.51. The smallest absolute Gasteiger partial charge is 0.0478 e. The van der Waals surface area contributed by atoms with Crippen LogP contribution in [-0.2, 0) is 4.74 Å². The third kappa shape index (κ3) is 4.60. The summed E-state index contributed by atoms with van der Waals surface area (Å²) in [5.74, 6) is 0. The Morgan fingerprint density at radius 2 is 2.38 bits per heavy atom. The van der Waals surface area contributed by atoms with E-state index >= 15 is 0 Å². The van der Waals surface area contributed by atoms with Gasteiger partial charge in [0, 0.05) is 45.4 Å². The van der Waals surface area contributed by atoms with Crippen LogP contribution in [0.25, 0.3) is 0 Å². The molecule has 3 heteroatoms. The van der Waals surface area contributed by atoms with Gasteiger partial charge in [-0.05, 0) is 20.3 Å². The number of rotatable bonds is 5. The summed E-state index contributed by atoms with van der Waals surface area (Å²) in [5, 5.41) is 3.44. The van der Waals surface area contributed by atoms with Gasteiger partial charge in [0.1, 0.15) is 0 Å². The summed E-state index contributed by atoms with van der Waals surface area (Å²) in [5.41, 5.74) is 0. The fourth-order valence-corrected chi connectivity index (χ4v) is 1.75. The molecule has 0 aliphatic carbocycles. The van der Waals surface area contributed by atoms with Crippen LogP contribution in [-0.4, -0.2) is 50.3 Å². The molecular weight excluding hydrogens is 164 g/mol. The minimum absolute atomic E-state index is 0.654. The van der Waals surface area contributed by atoms with E-state index in [1.165, 1.54) is 26.1 Å². The Morgan fingerprint density at radius 1 is 1.54 bits per heavy atom. The number of nitrogens with zero attached hydrogens (tertiary/aromatic N) is 1. The van der Waals surface area contributed by atoms with Crippen molar-refractivity contribution >= 4 is 0 Å². The predicted octanol–water partition coefficient (Wildman–Crippen LogP) is 0.707. The fourth-order valence-electron chi connectivity index (χ4n) is 1.75. The Kier molecular flexibility index (Phi) is 5.35. The lowest BCUT2D eigenvalue weighted by Gasteiger charge is -2.31. The van der Waals surface area contributed by atoms with E-state index in [1.807, 2.05) is 6.92 Å². The number of nitrogens with one attached hydrogen (secondary N) is 1. The van der Waals surface area contributed by atoms with Crippen molar-refractivity contribution in [1.82, 2.24) is 10.2 Å². The van der Waals surface area contributed by atoms with Crippen LogP contribution in [0.5, 0.6) is 0 Å². The molecule has 0 bridgehead atoms. The van der Waals surface area contributed by atoms with Crippen LogP contribution in [0.3, 0.4) is 0 Å². The van der Waals surface area contributed by atoms with Crippen molar-refractivity contribution in [3.63, 3.8) is 0 Å². The molecule has 0 radical (unpaired) electrons. The highest BCUT2D eigenvalue weighted by atomic mass is 16.5. The van der Waals surface area contributed by atoms with E-state index in [2.05, 4.69) is 17.1 Å². The Morgan fingerprint density at radius 3 is 3.08 bits per heavy atom. The first kappa shape index (κ1) is 11.0. The molecule has 0 aromatic rings. The van der Waals surface area contributed by atoms with Crippen molar-refractivity contribution in [2.45, 2.75) is 26.3 Å². The normalized spacial score (nSPS) is 24.9. The van der Waals surface area contributed by atoms with Gasteiger partial charge in [-0.3, -0.25) is 0 Å². The largest absolute Gasteiger partial charge is 0.382 e. The van der Waals surface area contributed by atoms with Gasteiger partial charge in [-0.2, -0.15) is 0 Å². The first-order valence-corrected chi connectivity index (χ1v) is 5.36. The first-order valence-electron chi connectivity index (χ1n) is 5.36. The zero-order valence-corrected chi connectivity index (χ0v) is 8.88. The van der Waals surface area contributed by atoms with E-state index < -0.39 is 0 Å². The van der Waals surface area contributed by atoms with Crippen molar-refractivity contribution in [3.05, 3.63) is 0 Å². The third-order valence-electron chi connectivity index (χ3n) is 2.42. The molecule has 1 N–H and O–H groups in total. The standard InChI is InChI=1S/C10H22N2O/c1-3-13-8-4-6-12-7-5-11-10(2)9-12/h10-11H,3-9H2,1-2H3/t10-/m1/s1. The maximum atomic E-state index is 5.31. The molecule has 0 amide bonds. The maximum absolute atomic E-state index is 5.31. The molecule has 0 spiro atoms. The first-order chi connectivity index (χ1) is 6.33. The van der Waals surface area contributed by atoms with Crippen molar-refractivity contribution in [2.75, 3.05) is 39.4 Å². The lowest BCUT2D eigenvalue weighted by molar-refractivity contribution is 0.124. The molecule has 1 aliphatic rings. The van der Waals surface area contributed by atoms with Crippen molar-refractivity contribution in [3.8, 4) is 0 Å². The second-order valence-corrected chi connectivity index (χ2v) is 3.71. The lowest BCUT2D eigenvalue weighted by atomic mass is 10.2. The lowest BCUT2D eigenvalue weighted by Crippen LogP contribution is -2.49. The van der Waals surface area contributed by atoms with Gasteiger partial charge in [-0.15, -0.1) is 0 Å². The van der Waals surface area contributed by atoms with Gasteiger partial charge in [0.2, 0.25) is 0 Å². The third-order valence-corrected chi connectivity index (χ3v) is 2.42. The fraction of sp³-hybridized carbons (Fsp3) is 1.00. The summed E-state index contributed by atoms with van der Waals surface area (Å²) in [6.45, 7) is 10.7. The van der Waals surface area contributed by atoms with Crippen LogP contribution in [0.15, 0.2) is 0 Å². The predicted molar refractivity (Wildman–Crippen MR) is 55.0 cm³/mol. The van der Waals surface area contributed by atoms with Crippen LogP contribution in [0.2, 0.25) is 0 Å². The average Bonchev–Trinajstić information content (AvgIpc) is 2.13. The Labute approximate surface area is 81.4 Å². The van der Waals surface area contributed by atoms with Crippen LogP contribution in [0.4, 0.5) is 0 Å². The molecule has 78 valence electrons. The van der Waals surface area contributed by atoms with E-state index in [4.69, 9.17) is 4.74 Å². The minimum Gasteiger partial charge on any atom is -0.382 e. The monoisotopic (exact) mass is 186 g/mol. The van der Waals surface area contributed by atoms with E-state index in [0.29, 0.717) is 6.04 Å². The number of hydrogen-bond donors (Lipinski definition) is 1. The van der Waals surface area contributed by atoms with Crippen molar-refractivity contribution in [2.24, 2.45) is 0 Å². The van der Waals surface area contributed by atoms with Crippen LogP contribution >= 0.6 is 0 Å². The summed E-state index contributed by atoms with van der Waals surface area (Å²) in [6.07, 6.45) is 1.17. The number of ether oxygens (including phenoxy) is 1. The topological polar surface area (TPSA) is 24.5 Å². The van der Waals surface area contributed by atoms with Crippen LogP contribution in [0.1, 0.15) is 20.3 Å². The SMILES string of the molecule is CCOCCCN1CCN[C@H](C)C1. The van der Waals surface area contributed by atoms with E-state index in [0.717, 1.165) is 19.8 Å². The highest BCUT2D eigenvalue weighted by Gasteiger charge is 2.14. The molecule has 0 saturated carbocycles. The van der Waals surface area contributed by atoms with Gasteiger partial charge in [-0.25, -0.2) is 0 Å². The zero-order valence-electron chi connectivity index (χ0n) is 8.88. The molecule has 0 aromatic heterocycles. The van der Waals surface area contributed by atoms with Gasteiger partial charge in [0.05, 0.1) is 0 Å². The molecule has 1 atom stereocenters. The number of piperazine rings is 1. The zero-order chi connectivity index (χ0) is 9.52. The van der Waals surface area contributed by atoms with Crippen LogP contribution < -0.4 is 5.32 Å². The summed E-state index contributed by atoms with van der Waals surface area (Å²) < 4.78 is 5.31. The summed E-state index contributed by atoms with van der Waals surface area (Å²) in [6, 6.07) is 0.654. The van der Waals surface area contributed by atoms with Gasteiger partial charge < -0.3 is 15.0 Å². The molecule has 1 heterocycles. The Hall–Kier alpha value is -0.120. The van der Waals surface area contributed by atoms with Gasteiger partial charge in [0.15, 0.2) is 0 Å². The van der Waals surface area contributed by atoms with Crippen molar-refractivity contribution < 1.29 is 4.74 Å². The van der Waals surface area contributed by atoms with E-state index in [1.54, 1.807) is 0 Å². The minimum atomic E-state index is 0.654. The molecule has 1 fully saturated rings. The molecule has 13 heavy (non-hydrogen) atoms. The van der Waals surface area contributed by atoms with Crippen molar-refractivity contribution in [1.29, 1.82) is 0 Å². The highest BCUT2D eigenvalue weighted by Crippen LogP contribution is 1.99. The Balaban J connectivity index is 2.00. The molecule has 1 aliphatic heterocycles. The summed E-state index contributed by atoms with van der Waals surface area (Å²) in [7, 11) is 0. The van der Waals surface area contributed by atoms with Crippen LogP contribution in [0, 0.1) is 0 Å². The van der Waals surface area contributed by atoms with E-state index in [-0.39, 0.29) is 0 Å². The second kappa shape index (κ2) is 6.35. The van der Waals surface area contributed by atoms with E-state index in [9.17, 15) is 0 Å². The molecule has 0 unspecified atom stereocenters. The second-order valence-electron chi connectivity index (χ2n) is 3.71.